The largest absolute Gasteiger partial charge is 0.376 e. The molecule has 1 aromatic heterocycles. The maximum Gasteiger partial charge on any atom is 0.226 e. The van der Waals surface area contributed by atoms with Gasteiger partial charge in [-0.25, -0.2) is 0 Å². The van der Waals surface area contributed by atoms with Crippen LogP contribution in [0.25, 0.3) is 11.1 Å². The van der Waals surface area contributed by atoms with Gasteiger partial charge in [-0.1, -0.05) is 49.1 Å². The van der Waals surface area contributed by atoms with Gasteiger partial charge in [0.05, 0.1) is 24.9 Å². The van der Waals surface area contributed by atoms with E-state index in [4.69, 9.17) is 16.3 Å². The van der Waals surface area contributed by atoms with Gasteiger partial charge < -0.3 is 15.0 Å². The predicted octanol–water partition coefficient (Wildman–Crippen LogP) is 5.08. The Kier molecular flexibility index (Phi) is 8.55. The molecule has 32 heavy (non-hydrogen) atoms. The molecule has 2 fully saturated rings. The number of pyridine rings is 1. The van der Waals surface area contributed by atoms with E-state index in [1.54, 1.807) is 6.20 Å². The summed E-state index contributed by atoms with van der Waals surface area (Å²) in [5.74, 6) is 0.306. The Hall–Kier alpha value is -1.95. The number of nitrogens with one attached hydrogen (secondary N) is 1. The fourth-order valence-corrected chi connectivity index (χ4v) is 4.92. The van der Waals surface area contributed by atoms with E-state index in [2.05, 4.69) is 16.4 Å². The van der Waals surface area contributed by atoms with Crippen LogP contribution >= 0.6 is 11.6 Å². The van der Waals surface area contributed by atoms with E-state index in [1.807, 2.05) is 35.2 Å². The Morgan fingerprint density at radius 1 is 1.06 bits per heavy atom. The summed E-state index contributed by atoms with van der Waals surface area (Å²) in [6.45, 7) is 3.50. The van der Waals surface area contributed by atoms with Gasteiger partial charge in [0.25, 0.3) is 0 Å². The van der Waals surface area contributed by atoms with Crippen LogP contribution in [0.1, 0.15) is 50.6 Å². The summed E-state index contributed by atoms with van der Waals surface area (Å²) in [6, 6.07) is 11.8. The number of ether oxygens (including phenoxy) is 1. The van der Waals surface area contributed by atoms with E-state index in [9.17, 15) is 4.79 Å². The summed E-state index contributed by atoms with van der Waals surface area (Å²) < 4.78 is 6.18. The van der Waals surface area contributed by atoms with Crippen LogP contribution in [0.2, 0.25) is 5.02 Å². The maximum atomic E-state index is 13.5. The number of rotatable bonds is 8. The lowest BCUT2D eigenvalue weighted by Gasteiger charge is -2.31. The highest BCUT2D eigenvalue weighted by Gasteiger charge is 2.27. The summed E-state index contributed by atoms with van der Waals surface area (Å²) in [5, 5.41) is 4.07. The Bertz CT molecular complexity index is 862. The van der Waals surface area contributed by atoms with Gasteiger partial charge in [0.15, 0.2) is 0 Å². The maximum absolute atomic E-state index is 13.5. The van der Waals surface area contributed by atoms with Crippen molar-refractivity contribution in [3.63, 3.8) is 0 Å². The molecule has 1 amide bonds. The summed E-state index contributed by atoms with van der Waals surface area (Å²) >= 11 is 6.08. The minimum atomic E-state index is 0.0774. The van der Waals surface area contributed by atoms with Crippen molar-refractivity contribution in [2.24, 2.45) is 5.92 Å². The highest BCUT2D eigenvalue weighted by atomic mass is 35.5. The topological polar surface area (TPSA) is 54.5 Å². The zero-order valence-corrected chi connectivity index (χ0v) is 19.5. The van der Waals surface area contributed by atoms with Crippen LogP contribution < -0.4 is 5.32 Å². The van der Waals surface area contributed by atoms with E-state index in [-0.39, 0.29) is 11.8 Å². The Balaban J connectivity index is 1.49. The minimum absolute atomic E-state index is 0.0774. The van der Waals surface area contributed by atoms with Crippen LogP contribution in [-0.2, 0) is 16.1 Å². The number of piperidine rings is 1. The van der Waals surface area contributed by atoms with Gasteiger partial charge in [0.1, 0.15) is 0 Å². The number of hydrogen-bond acceptors (Lipinski definition) is 4. The molecule has 1 aliphatic heterocycles. The fraction of sp³-hybridized carbons (Fsp3) is 0.538. The van der Waals surface area contributed by atoms with Crippen LogP contribution in [-0.4, -0.2) is 48.1 Å². The molecule has 0 unspecified atom stereocenters. The van der Waals surface area contributed by atoms with Crippen molar-refractivity contribution in [3.05, 3.63) is 53.3 Å². The molecule has 1 saturated carbocycles. The van der Waals surface area contributed by atoms with Crippen molar-refractivity contribution in [1.82, 2.24) is 15.2 Å². The van der Waals surface area contributed by atoms with E-state index in [1.165, 1.54) is 19.3 Å². The second-order valence-corrected chi connectivity index (χ2v) is 9.36. The molecule has 2 aromatic rings. The van der Waals surface area contributed by atoms with Gasteiger partial charge in [0, 0.05) is 29.2 Å². The summed E-state index contributed by atoms with van der Waals surface area (Å²) in [5.41, 5.74) is 3.01. The van der Waals surface area contributed by atoms with Crippen LogP contribution in [0.3, 0.4) is 0 Å². The van der Waals surface area contributed by atoms with E-state index >= 15 is 0 Å². The standard InChI is InChI=1S/C26H34ClN3O2/c27-22-10-8-20(9-11-22)24-7-4-14-29-25(24)19-30(26(31)21-12-15-28-16-13-21)17-18-32-23-5-2-1-3-6-23/h4,7-11,14,21,23,28H,1-3,5-6,12-13,15-19H2. The van der Waals surface area contributed by atoms with Crippen molar-refractivity contribution in [1.29, 1.82) is 0 Å². The minimum Gasteiger partial charge on any atom is -0.376 e. The highest BCUT2D eigenvalue weighted by molar-refractivity contribution is 6.30. The smallest absolute Gasteiger partial charge is 0.226 e. The van der Waals surface area contributed by atoms with E-state index < -0.39 is 0 Å². The number of aromatic nitrogens is 1. The summed E-state index contributed by atoms with van der Waals surface area (Å²) in [6.07, 6.45) is 10.0. The zero-order valence-electron chi connectivity index (χ0n) is 18.8. The lowest BCUT2D eigenvalue weighted by molar-refractivity contribution is -0.138. The Morgan fingerprint density at radius 3 is 2.56 bits per heavy atom. The molecule has 1 saturated heterocycles. The molecule has 4 rings (SSSR count). The molecule has 0 spiro atoms. The molecule has 2 heterocycles. The van der Waals surface area contributed by atoms with Crippen LogP contribution in [0.4, 0.5) is 0 Å². The number of halogens is 1. The number of carbonyl (C=O) groups excluding carboxylic acids is 1. The third kappa shape index (κ3) is 6.31. The molecule has 0 bridgehead atoms. The molecule has 1 N–H and O–H groups in total. The van der Waals surface area contributed by atoms with Gasteiger partial charge in [0.2, 0.25) is 5.91 Å². The SMILES string of the molecule is O=C(C1CCNCC1)N(CCOC1CCCCC1)Cc1ncccc1-c1ccc(Cl)cc1. The van der Waals surface area contributed by atoms with Crippen molar-refractivity contribution in [2.45, 2.75) is 57.6 Å². The molecule has 172 valence electrons. The first kappa shape index (κ1) is 23.2. The average molecular weight is 456 g/mol. The second kappa shape index (κ2) is 11.8. The first-order valence-corrected chi connectivity index (χ1v) is 12.4. The third-order valence-electron chi connectivity index (χ3n) is 6.65. The number of benzene rings is 1. The molecule has 0 atom stereocenters. The first-order chi connectivity index (χ1) is 15.7. The van der Waals surface area contributed by atoms with Crippen LogP contribution in [0.5, 0.6) is 0 Å². The highest BCUT2D eigenvalue weighted by Crippen LogP contribution is 2.26. The molecular formula is C26H34ClN3O2. The molecule has 1 aliphatic carbocycles. The van der Waals surface area contributed by atoms with E-state index in [0.29, 0.717) is 30.8 Å². The normalized spacial score (nSPS) is 17.9. The quantitative estimate of drug-likeness (QED) is 0.603. The summed E-state index contributed by atoms with van der Waals surface area (Å²) in [7, 11) is 0. The Labute approximate surface area is 196 Å². The fourth-order valence-electron chi connectivity index (χ4n) is 4.79. The van der Waals surface area contributed by atoms with Crippen LogP contribution in [0.15, 0.2) is 42.6 Å². The van der Waals surface area contributed by atoms with Crippen molar-refractivity contribution in [3.8, 4) is 11.1 Å². The average Bonchev–Trinajstić information content (AvgIpc) is 2.85. The van der Waals surface area contributed by atoms with Gasteiger partial charge >= 0.3 is 0 Å². The number of amides is 1. The first-order valence-electron chi connectivity index (χ1n) is 12.0. The lowest BCUT2D eigenvalue weighted by atomic mass is 9.96. The monoisotopic (exact) mass is 455 g/mol. The zero-order chi connectivity index (χ0) is 22.2. The molecule has 1 aromatic carbocycles. The van der Waals surface area contributed by atoms with Crippen LogP contribution in [0, 0.1) is 5.92 Å². The molecule has 5 nitrogen and oxygen atoms in total. The molecule has 2 aliphatic rings. The van der Waals surface area contributed by atoms with E-state index in [0.717, 1.165) is 55.6 Å². The third-order valence-corrected chi connectivity index (χ3v) is 6.91. The predicted molar refractivity (Wildman–Crippen MR) is 129 cm³/mol. The van der Waals surface area contributed by atoms with Gasteiger partial charge in [-0.15, -0.1) is 0 Å². The lowest BCUT2D eigenvalue weighted by Crippen LogP contribution is -2.42. The van der Waals surface area contributed by atoms with Gasteiger partial charge in [-0.3, -0.25) is 9.78 Å². The van der Waals surface area contributed by atoms with Gasteiger partial charge in [-0.05, 0) is 62.5 Å². The molecule has 0 radical (unpaired) electrons. The van der Waals surface area contributed by atoms with Crippen molar-refractivity contribution < 1.29 is 9.53 Å². The molecular weight excluding hydrogens is 422 g/mol. The molecule has 6 heteroatoms. The number of carbonyl (C=O) groups is 1. The number of hydrogen-bond donors (Lipinski definition) is 1. The van der Waals surface area contributed by atoms with Gasteiger partial charge in [-0.2, -0.15) is 0 Å². The second-order valence-electron chi connectivity index (χ2n) is 8.92. The number of nitrogens with zero attached hydrogens (tertiary/aromatic N) is 2. The van der Waals surface area contributed by atoms with Crippen molar-refractivity contribution in [2.75, 3.05) is 26.2 Å². The summed E-state index contributed by atoms with van der Waals surface area (Å²) in [4.78, 5) is 20.1. The van der Waals surface area contributed by atoms with Crippen molar-refractivity contribution >= 4 is 17.5 Å². The Morgan fingerprint density at radius 2 is 1.81 bits per heavy atom.